The van der Waals surface area contributed by atoms with Gasteiger partial charge in [0.15, 0.2) is 0 Å². The van der Waals surface area contributed by atoms with E-state index in [-0.39, 0.29) is 6.04 Å². The topological polar surface area (TPSA) is 35.8 Å². The van der Waals surface area contributed by atoms with E-state index in [0.717, 1.165) is 30.5 Å². The van der Waals surface area contributed by atoms with Crippen molar-refractivity contribution in [2.24, 2.45) is 0 Å². The van der Waals surface area contributed by atoms with Gasteiger partial charge in [0.2, 0.25) is 0 Å². The number of nitrogens with zero attached hydrogens (tertiary/aromatic N) is 1. The van der Waals surface area contributed by atoms with Gasteiger partial charge in [-0.3, -0.25) is 0 Å². The van der Waals surface area contributed by atoms with Crippen molar-refractivity contribution in [3.05, 3.63) is 35.1 Å². The molecule has 1 atom stereocenters. The first-order valence-corrected chi connectivity index (χ1v) is 5.86. The molecule has 0 saturated carbocycles. The van der Waals surface area contributed by atoms with Crippen LogP contribution in [0, 0.1) is 11.3 Å². The number of nitriles is 1. The average molecular weight is 216 g/mol. The Bertz CT molecular complexity index is 380. The zero-order chi connectivity index (χ0) is 12.1. The molecule has 1 aliphatic carbocycles. The lowest BCUT2D eigenvalue weighted by molar-refractivity contribution is 0.620. The molecule has 2 heteroatoms. The van der Waals surface area contributed by atoms with Gasteiger partial charge >= 0.3 is 0 Å². The first-order chi connectivity index (χ1) is 7.62. The second kappa shape index (κ2) is 5.55. The highest BCUT2D eigenvalue weighted by Crippen LogP contribution is 2.28. The Balaban J connectivity index is 3.04. The highest BCUT2D eigenvalue weighted by Gasteiger charge is 2.22. The summed E-state index contributed by atoms with van der Waals surface area (Å²) < 4.78 is 0. The molecule has 16 heavy (non-hydrogen) atoms. The van der Waals surface area contributed by atoms with Gasteiger partial charge in [0.25, 0.3) is 0 Å². The summed E-state index contributed by atoms with van der Waals surface area (Å²) in [6.07, 6.45) is 5.09. The van der Waals surface area contributed by atoms with Gasteiger partial charge in [-0.05, 0) is 31.8 Å². The summed E-state index contributed by atoms with van der Waals surface area (Å²) in [5, 5.41) is 12.5. The Hall–Kier alpha value is -1.49. The third-order valence-electron chi connectivity index (χ3n) is 2.92. The average Bonchev–Trinajstić information content (AvgIpc) is 2.27. The Morgan fingerprint density at radius 1 is 1.56 bits per heavy atom. The third-order valence-corrected chi connectivity index (χ3v) is 2.92. The Morgan fingerprint density at radius 3 is 2.69 bits per heavy atom. The lowest BCUT2D eigenvalue weighted by atomic mass is 9.86. The minimum atomic E-state index is 0.123. The van der Waals surface area contributed by atoms with E-state index < -0.39 is 0 Å². The molecular formula is C14H20N2. The van der Waals surface area contributed by atoms with Crippen LogP contribution >= 0.6 is 0 Å². The summed E-state index contributed by atoms with van der Waals surface area (Å²) >= 11 is 0. The molecule has 0 aromatic rings. The maximum absolute atomic E-state index is 9.23. The molecule has 0 saturated heterocycles. The van der Waals surface area contributed by atoms with Crippen molar-refractivity contribution in [1.82, 2.24) is 5.32 Å². The van der Waals surface area contributed by atoms with E-state index in [1.807, 2.05) is 6.92 Å². The molecule has 1 N–H and O–H groups in total. The first kappa shape index (κ1) is 12.6. The number of hydrogen-bond acceptors (Lipinski definition) is 2. The monoisotopic (exact) mass is 216 g/mol. The Kier molecular flexibility index (Phi) is 4.37. The fourth-order valence-electron chi connectivity index (χ4n) is 2.08. The molecule has 86 valence electrons. The molecule has 0 bridgehead atoms. The van der Waals surface area contributed by atoms with Crippen molar-refractivity contribution >= 4 is 0 Å². The van der Waals surface area contributed by atoms with Crippen molar-refractivity contribution in [3.8, 4) is 6.07 Å². The van der Waals surface area contributed by atoms with E-state index in [4.69, 9.17) is 0 Å². The summed E-state index contributed by atoms with van der Waals surface area (Å²) in [6.45, 7) is 10.1. The first-order valence-electron chi connectivity index (χ1n) is 5.86. The number of hydrogen-bond donors (Lipinski definition) is 1. The molecule has 0 heterocycles. The van der Waals surface area contributed by atoms with Crippen LogP contribution in [-0.4, -0.2) is 6.04 Å². The summed E-state index contributed by atoms with van der Waals surface area (Å²) in [6, 6.07) is 2.46. The largest absolute Gasteiger partial charge is 0.381 e. The SMILES string of the molecule is C=C(C)NC1CC(CC)=CC(CC)=C1C#N. The standard InChI is InChI=1S/C14H20N2/c1-5-11-7-12(6-2)13(9-15)14(8-11)16-10(3)4/h7,14,16H,3,5-6,8H2,1-2,4H3. The molecule has 0 radical (unpaired) electrons. The lowest BCUT2D eigenvalue weighted by Crippen LogP contribution is -2.31. The quantitative estimate of drug-likeness (QED) is 0.781. The van der Waals surface area contributed by atoms with Gasteiger partial charge in [-0.2, -0.15) is 5.26 Å². The van der Waals surface area contributed by atoms with Crippen LogP contribution in [-0.2, 0) is 0 Å². The summed E-state index contributed by atoms with van der Waals surface area (Å²) in [7, 11) is 0. The van der Waals surface area contributed by atoms with Gasteiger partial charge in [-0.25, -0.2) is 0 Å². The molecule has 1 rings (SSSR count). The molecule has 2 nitrogen and oxygen atoms in total. The zero-order valence-electron chi connectivity index (χ0n) is 10.4. The third kappa shape index (κ3) is 2.76. The fourth-order valence-corrected chi connectivity index (χ4v) is 2.08. The molecule has 0 aromatic carbocycles. The van der Waals surface area contributed by atoms with Gasteiger partial charge in [0, 0.05) is 5.70 Å². The van der Waals surface area contributed by atoms with Crippen LogP contribution in [0.2, 0.25) is 0 Å². The maximum atomic E-state index is 9.23. The zero-order valence-corrected chi connectivity index (χ0v) is 10.4. The highest BCUT2D eigenvalue weighted by molar-refractivity contribution is 5.45. The Labute approximate surface area is 98.4 Å². The number of nitrogens with one attached hydrogen (secondary N) is 1. The van der Waals surface area contributed by atoms with E-state index >= 15 is 0 Å². The molecule has 1 aliphatic rings. The van der Waals surface area contributed by atoms with Crippen LogP contribution in [0.15, 0.2) is 35.1 Å². The van der Waals surface area contributed by atoms with Gasteiger partial charge in [-0.1, -0.05) is 32.1 Å². The van der Waals surface area contributed by atoms with Gasteiger partial charge in [0.1, 0.15) is 0 Å². The van der Waals surface area contributed by atoms with Crippen molar-refractivity contribution in [1.29, 1.82) is 5.26 Å². The van der Waals surface area contributed by atoms with Crippen LogP contribution in [0.25, 0.3) is 0 Å². The van der Waals surface area contributed by atoms with E-state index in [1.165, 1.54) is 11.1 Å². The minimum absolute atomic E-state index is 0.123. The van der Waals surface area contributed by atoms with Crippen molar-refractivity contribution in [2.75, 3.05) is 0 Å². The second-order valence-corrected chi connectivity index (χ2v) is 4.24. The number of rotatable bonds is 4. The summed E-state index contributed by atoms with van der Waals surface area (Å²) in [5.41, 5.74) is 4.38. The second-order valence-electron chi connectivity index (χ2n) is 4.24. The normalized spacial score (nSPS) is 20.1. The van der Waals surface area contributed by atoms with Crippen molar-refractivity contribution in [3.63, 3.8) is 0 Å². The lowest BCUT2D eigenvalue weighted by Gasteiger charge is -2.26. The van der Waals surface area contributed by atoms with E-state index in [9.17, 15) is 5.26 Å². The van der Waals surface area contributed by atoms with Crippen LogP contribution in [0.5, 0.6) is 0 Å². The molecule has 0 spiro atoms. The minimum Gasteiger partial charge on any atom is -0.381 e. The maximum Gasteiger partial charge on any atom is 0.0972 e. The van der Waals surface area contributed by atoms with Crippen LogP contribution < -0.4 is 5.32 Å². The fraction of sp³-hybridized carbons (Fsp3) is 0.500. The van der Waals surface area contributed by atoms with Gasteiger partial charge in [-0.15, -0.1) is 0 Å². The van der Waals surface area contributed by atoms with E-state index in [0.29, 0.717) is 0 Å². The molecule has 0 fully saturated rings. The number of allylic oxidation sites excluding steroid dienone is 3. The van der Waals surface area contributed by atoms with Crippen LogP contribution in [0.1, 0.15) is 40.0 Å². The van der Waals surface area contributed by atoms with Crippen molar-refractivity contribution < 1.29 is 0 Å². The van der Waals surface area contributed by atoms with Crippen LogP contribution in [0.3, 0.4) is 0 Å². The predicted molar refractivity (Wildman–Crippen MR) is 67.7 cm³/mol. The summed E-state index contributed by atoms with van der Waals surface area (Å²) in [4.78, 5) is 0. The van der Waals surface area contributed by atoms with Crippen molar-refractivity contribution in [2.45, 2.75) is 46.1 Å². The van der Waals surface area contributed by atoms with Gasteiger partial charge in [0.05, 0.1) is 17.7 Å². The predicted octanol–water partition coefficient (Wildman–Crippen LogP) is 3.45. The smallest absolute Gasteiger partial charge is 0.0972 e. The van der Waals surface area contributed by atoms with Crippen LogP contribution in [0.4, 0.5) is 0 Å². The van der Waals surface area contributed by atoms with E-state index in [2.05, 4.69) is 37.9 Å². The van der Waals surface area contributed by atoms with Gasteiger partial charge < -0.3 is 5.32 Å². The molecule has 0 aliphatic heterocycles. The molecular weight excluding hydrogens is 196 g/mol. The molecule has 0 aromatic heterocycles. The molecule has 0 amide bonds. The highest BCUT2D eigenvalue weighted by atomic mass is 14.9. The van der Waals surface area contributed by atoms with E-state index in [1.54, 1.807) is 0 Å². The summed E-state index contributed by atoms with van der Waals surface area (Å²) in [5.74, 6) is 0. The Morgan fingerprint density at radius 2 is 2.25 bits per heavy atom. The molecule has 1 unspecified atom stereocenters.